The van der Waals surface area contributed by atoms with E-state index in [0.717, 1.165) is 0 Å². The zero-order valence-corrected chi connectivity index (χ0v) is 10.5. The molecule has 2 heterocycles. The van der Waals surface area contributed by atoms with E-state index in [1.165, 1.54) is 0 Å². The van der Waals surface area contributed by atoms with E-state index < -0.39 is 35.3 Å². The molecule has 0 N–H and O–H groups in total. The van der Waals surface area contributed by atoms with Gasteiger partial charge in [0.1, 0.15) is 5.69 Å². The highest BCUT2D eigenvalue weighted by Gasteiger charge is 2.41. The number of likely N-dealkylation sites (tertiary alicyclic amines) is 1. The fourth-order valence-corrected chi connectivity index (χ4v) is 2.38. The SMILES string of the molecule is CN1CCC[C@H]1c1nc(C(F)(F)F)ccc1C(F)(F)F. The summed E-state index contributed by atoms with van der Waals surface area (Å²) in [5, 5.41) is 0. The van der Waals surface area contributed by atoms with Crippen molar-refractivity contribution in [3.8, 4) is 0 Å². The number of alkyl halides is 6. The first-order chi connectivity index (χ1) is 9.10. The largest absolute Gasteiger partial charge is 0.433 e. The summed E-state index contributed by atoms with van der Waals surface area (Å²) in [6.07, 6.45) is -8.46. The van der Waals surface area contributed by atoms with Crippen molar-refractivity contribution in [1.29, 1.82) is 0 Å². The molecule has 0 radical (unpaired) electrons. The lowest BCUT2D eigenvalue weighted by Crippen LogP contribution is -2.24. The third kappa shape index (κ3) is 2.89. The molecule has 0 aromatic carbocycles. The lowest BCUT2D eigenvalue weighted by molar-refractivity contribution is -0.145. The predicted octanol–water partition coefficient (Wildman–Crippen LogP) is 3.89. The molecule has 0 saturated carbocycles. The van der Waals surface area contributed by atoms with E-state index in [1.807, 2.05) is 0 Å². The molecule has 1 aromatic rings. The van der Waals surface area contributed by atoms with E-state index in [4.69, 9.17) is 0 Å². The van der Waals surface area contributed by atoms with Crippen LogP contribution in [0.3, 0.4) is 0 Å². The Kier molecular flexibility index (Phi) is 3.70. The summed E-state index contributed by atoms with van der Waals surface area (Å²) in [7, 11) is 1.58. The van der Waals surface area contributed by atoms with Gasteiger partial charge >= 0.3 is 12.4 Å². The number of hydrogen-bond donors (Lipinski definition) is 0. The summed E-state index contributed by atoms with van der Waals surface area (Å²) in [5.41, 5.74) is -2.92. The minimum Gasteiger partial charge on any atom is -0.298 e. The molecule has 1 aliphatic rings. The monoisotopic (exact) mass is 298 g/mol. The molecule has 1 aliphatic heterocycles. The second-order valence-electron chi connectivity index (χ2n) is 4.76. The van der Waals surface area contributed by atoms with Crippen LogP contribution in [0.1, 0.15) is 35.8 Å². The molecule has 1 saturated heterocycles. The first-order valence-corrected chi connectivity index (χ1v) is 5.96. The second kappa shape index (κ2) is 4.91. The van der Waals surface area contributed by atoms with Crippen LogP contribution in [0.4, 0.5) is 26.3 Å². The Balaban J connectivity index is 2.54. The molecule has 112 valence electrons. The number of hydrogen-bond acceptors (Lipinski definition) is 2. The van der Waals surface area contributed by atoms with Gasteiger partial charge in [-0.3, -0.25) is 4.90 Å². The summed E-state index contributed by atoms with van der Waals surface area (Å²) in [6, 6.07) is 0.118. The second-order valence-corrected chi connectivity index (χ2v) is 4.76. The Morgan fingerprint density at radius 2 is 1.75 bits per heavy atom. The van der Waals surface area contributed by atoms with Gasteiger partial charge in [0.15, 0.2) is 0 Å². The van der Waals surface area contributed by atoms with Gasteiger partial charge in [-0.2, -0.15) is 26.3 Å². The van der Waals surface area contributed by atoms with Gasteiger partial charge in [0.25, 0.3) is 0 Å². The van der Waals surface area contributed by atoms with Crippen LogP contribution in [0.25, 0.3) is 0 Å². The first-order valence-electron chi connectivity index (χ1n) is 5.96. The number of rotatable bonds is 1. The Morgan fingerprint density at radius 3 is 2.20 bits per heavy atom. The summed E-state index contributed by atoms with van der Waals surface area (Å²) < 4.78 is 76.6. The van der Waals surface area contributed by atoms with Crippen molar-refractivity contribution in [1.82, 2.24) is 9.88 Å². The van der Waals surface area contributed by atoms with Gasteiger partial charge in [-0.25, -0.2) is 4.98 Å². The van der Waals surface area contributed by atoms with E-state index >= 15 is 0 Å². The van der Waals surface area contributed by atoms with E-state index in [2.05, 4.69) is 4.98 Å². The molecule has 1 fully saturated rings. The zero-order valence-electron chi connectivity index (χ0n) is 10.5. The van der Waals surface area contributed by atoms with Crippen LogP contribution in [0.15, 0.2) is 12.1 Å². The number of pyridine rings is 1. The smallest absolute Gasteiger partial charge is 0.298 e. The number of nitrogens with zero attached hydrogens (tertiary/aromatic N) is 2. The standard InChI is InChI=1S/C12H12F6N2/c1-20-6-2-3-8(20)10-7(11(13,14)15)4-5-9(19-10)12(16,17)18/h4-5,8H,2-3,6H2,1H3/t8-/m0/s1. The first kappa shape index (κ1) is 15.1. The molecule has 1 atom stereocenters. The highest BCUT2D eigenvalue weighted by atomic mass is 19.4. The molecule has 2 rings (SSSR count). The highest BCUT2D eigenvalue weighted by Crippen LogP contribution is 2.40. The Hall–Kier alpha value is -1.31. The van der Waals surface area contributed by atoms with Crippen LogP contribution in [-0.4, -0.2) is 23.5 Å². The van der Waals surface area contributed by atoms with Gasteiger partial charge < -0.3 is 0 Å². The van der Waals surface area contributed by atoms with Gasteiger partial charge in [0.05, 0.1) is 17.3 Å². The van der Waals surface area contributed by atoms with Crippen LogP contribution in [0, 0.1) is 0 Å². The maximum Gasteiger partial charge on any atom is 0.433 e. The third-order valence-electron chi connectivity index (χ3n) is 3.36. The van der Waals surface area contributed by atoms with Crippen molar-refractivity contribution >= 4 is 0 Å². The average molecular weight is 298 g/mol. The number of halogens is 6. The van der Waals surface area contributed by atoms with Crippen LogP contribution in [0.2, 0.25) is 0 Å². The van der Waals surface area contributed by atoms with Gasteiger partial charge in [-0.1, -0.05) is 0 Å². The van der Waals surface area contributed by atoms with Gasteiger partial charge in [-0.05, 0) is 38.6 Å². The van der Waals surface area contributed by atoms with Crippen LogP contribution < -0.4 is 0 Å². The molecule has 0 spiro atoms. The van der Waals surface area contributed by atoms with Crippen LogP contribution >= 0.6 is 0 Å². The minimum atomic E-state index is -4.75. The summed E-state index contributed by atoms with van der Waals surface area (Å²) >= 11 is 0. The lowest BCUT2D eigenvalue weighted by Gasteiger charge is -2.23. The summed E-state index contributed by atoms with van der Waals surface area (Å²) in [4.78, 5) is 4.85. The lowest BCUT2D eigenvalue weighted by atomic mass is 10.0. The Labute approximate surface area is 111 Å². The molecule has 2 nitrogen and oxygen atoms in total. The fourth-order valence-electron chi connectivity index (χ4n) is 2.38. The van der Waals surface area contributed by atoms with Crippen molar-refractivity contribution in [3.63, 3.8) is 0 Å². The normalized spacial score (nSPS) is 21.4. The van der Waals surface area contributed by atoms with Crippen molar-refractivity contribution in [2.24, 2.45) is 0 Å². The Morgan fingerprint density at radius 1 is 1.10 bits per heavy atom. The molecule has 8 heteroatoms. The predicted molar refractivity (Wildman–Crippen MR) is 58.8 cm³/mol. The molecule has 0 amide bonds. The fraction of sp³-hybridized carbons (Fsp3) is 0.583. The average Bonchev–Trinajstić information content (AvgIpc) is 2.72. The van der Waals surface area contributed by atoms with Crippen LogP contribution in [0.5, 0.6) is 0 Å². The summed E-state index contributed by atoms with van der Waals surface area (Å²) in [5.74, 6) is 0. The molecule has 0 aliphatic carbocycles. The minimum absolute atomic E-state index is 0.369. The van der Waals surface area contributed by atoms with Gasteiger partial charge in [-0.15, -0.1) is 0 Å². The van der Waals surface area contributed by atoms with E-state index in [9.17, 15) is 26.3 Å². The van der Waals surface area contributed by atoms with Crippen molar-refractivity contribution < 1.29 is 26.3 Å². The van der Waals surface area contributed by atoms with E-state index in [-0.39, 0.29) is 0 Å². The zero-order chi connectivity index (χ0) is 15.1. The maximum atomic E-state index is 12.9. The molecular formula is C12H12F6N2. The Bertz CT molecular complexity index is 494. The van der Waals surface area contributed by atoms with Crippen molar-refractivity contribution in [2.75, 3.05) is 13.6 Å². The molecular weight excluding hydrogens is 286 g/mol. The van der Waals surface area contributed by atoms with E-state index in [1.54, 1.807) is 11.9 Å². The van der Waals surface area contributed by atoms with Gasteiger partial charge in [0.2, 0.25) is 0 Å². The molecule has 20 heavy (non-hydrogen) atoms. The quantitative estimate of drug-likeness (QED) is 0.731. The van der Waals surface area contributed by atoms with Gasteiger partial charge in [0, 0.05) is 0 Å². The summed E-state index contributed by atoms with van der Waals surface area (Å²) in [6.45, 7) is 0.542. The maximum absolute atomic E-state index is 12.9. The third-order valence-corrected chi connectivity index (χ3v) is 3.36. The number of aromatic nitrogens is 1. The van der Waals surface area contributed by atoms with Crippen molar-refractivity contribution in [3.05, 3.63) is 29.1 Å². The highest BCUT2D eigenvalue weighted by molar-refractivity contribution is 5.30. The van der Waals surface area contributed by atoms with Crippen molar-refractivity contribution in [2.45, 2.75) is 31.2 Å². The molecule has 0 unspecified atom stereocenters. The van der Waals surface area contributed by atoms with Crippen LogP contribution in [-0.2, 0) is 12.4 Å². The topological polar surface area (TPSA) is 16.1 Å². The molecule has 1 aromatic heterocycles. The molecule has 0 bridgehead atoms. The van der Waals surface area contributed by atoms with E-state index in [0.29, 0.717) is 31.5 Å².